The van der Waals surface area contributed by atoms with E-state index in [1.165, 1.54) is 5.56 Å². The molecule has 0 radical (unpaired) electrons. The van der Waals surface area contributed by atoms with Crippen LogP contribution in [0.3, 0.4) is 0 Å². The Morgan fingerprint density at radius 2 is 1.79 bits per heavy atom. The van der Waals surface area contributed by atoms with E-state index in [2.05, 4.69) is 5.43 Å². The van der Waals surface area contributed by atoms with Gasteiger partial charge < -0.3 is 16.3 Å². The predicted molar refractivity (Wildman–Crippen MR) is 100 cm³/mol. The molecule has 1 aromatic rings. The number of carboxylic acids is 1. The lowest BCUT2D eigenvalue weighted by Crippen LogP contribution is -2.31. The van der Waals surface area contributed by atoms with Gasteiger partial charge in [-0.15, -0.1) is 0 Å². The Balaban J connectivity index is 1.88. The fourth-order valence-electron chi connectivity index (χ4n) is 2.95. The molecule has 8 heteroatoms. The molecular weight excluding hydrogens is 369 g/mol. The normalized spacial score (nSPS) is 22.0. The molecule has 0 saturated heterocycles. The number of hydrazine groups is 1. The second-order valence-corrected chi connectivity index (χ2v) is 8.00. The molecule has 5 nitrogen and oxygen atoms in total. The van der Waals surface area contributed by atoms with Crippen LogP contribution < -0.4 is 17.0 Å². The highest BCUT2D eigenvalue weighted by Crippen LogP contribution is 2.39. The minimum atomic E-state index is -1.14. The molecule has 1 aromatic carbocycles. The lowest BCUT2D eigenvalue weighted by Gasteiger charge is -2.28. The van der Waals surface area contributed by atoms with Crippen molar-refractivity contribution < 1.29 is 9.90 Å². The van der Waals surface area contributed by atoms with Gasteiger partial charge in [0.2, 0.25) is 0 Å². The second-order valence-electron chi connectivity index (χ2n) is 5.84. The Morgan fingerprint density at radius 1 is 1.21 bits per heavy atom. The van der Waals surface area contributed by atoms with Gasteiger partial charge in [-0.25, -0.2) is 4.79 Å². The summed E-state index contributed by atoms with van der Waals surface area (Å²) in [6.45, 7) is 0. The number of carbonyl (C=O) groups is 1. The number of benzene rings is 1. The first-order valence-electron chi connectivity index (χ1n) is 7.66. The molecule has 1 aliphatic rings. The number of aliphatic carboxylic acids is 1. The number of nitrogens with two attached hydrogens (primary N) is 2. The van der Waals surface area contributed by atoms with Gasteiger partial charge in [-0.05, 0) is 55.4 Å². The molecule has 0 aromatic heterocycles. The molecule has 1 fully saturated rings. The summed E-state index contributed by atoms with van der Waals surface area (Å²) in [5, 5.41) is 10.8. The number of hydrogen-bond donors (Lipinski definition) is 4. The summed E-state index contributed by atoms with van der Waals surface area (Å²) in [6.07, 6.45) is 4.20. The lowest BCUT2D eigenvalue weighted by molar-refractivity contribution is -0.133. The van der Waals surface area contributed by atoms with Gasteiger partial charge in [-0.1, -0.05) is 23.2 Å². The Kier molecular flexibility index (Phi) is 7.10. The first-order chi connectivity index (χ1) is 11.4. The molecule has 132 valence electrons. The number of carboxylic acid groups (broad SMARTS) is 1. The van der Waals surface area contributed by atoms with Crippen molar-refractivity contribution in [3.8, 4) is 0 Å². The summed E-state index contributed by atoms with van der Waals surface area (Å²) in [5.74, 6) is 4.96. The molecule has 1 saturated carbocycles. The first kappa shape index (κ1) is 19.2. The molecule has 1 aliphatic carbocycles. The van der Waals surface area contributed by atoms with Crippen molar-refractivity contribution in [1.29, 1.82) is 0 Å². The summed E-state index contributed by atoms with van der Waals surface area (Å²) < 4.78 is 0. The Hall–Kier alpha value is -1.08. The van der Waals surface area contributed by atoms with Crippen molar-refractivity contribution in [2.45, 2.75) is 36.9 Å². The van der Waals surface area contributed by atoms with E-state index in [9.17, 15) is 4.79 Å². The summed E-state index contributed by atoms with van der Waals surface area (Å²) in [5.41, 5.74) is 9.27. The fraction of sp³-hybridized carbons (Fsp3) is 0.438. The minimum absolute atomic E-state index is 0.134. The maximum absolute atomic E-state index is 11.0. The molecule has 0 amide bonds. The van der Waals surface area contributed by atoms with E-state index < -0.39 is 5.97 Å². The van der Waals surface area contributed by atoms with E-state index in [1.807, 2.05) is 12.1 Å². The third kappa shape index (κ3) is 5.21. The number of hydrogen-bond acceptors (Lipinski definition) is 5. The Labute approximate surface area is 155 Å². The molecular formula is C16H21Cl2N3O2S. The van der Waals surface area contributed by atoms with Crippen LogP contribution in [0.4, 0.5) is 0 Å². The SMILES string of the molecule is NN/C(C(=O)O)=C(\N)CSC1CCC(c2cc(Cl)cc(Cl)c2)CC1. The third-order valence-corrected chi connectivity index (χ3v) is 6.04. The average Bonchev–Trinajstić information content (AvgIpc) is 2.53. The van der Waals surface area contributed by atoms with Crippen molar-refractivity contribution in [3.05, 3.63) is 45.2 Å². The Morgan fingerprint density at radius 3 is 2.29 bits per heavy atom. The van der Waals surface area contributed by atoms with Crippen molar-refractivity contribution in [1.82, 2.24) is 5.43 Å². The van der Waals surface area contributed by atoms with Crippen molar-refractivity contribution in [2.75, 3.05) is 5.75 Å². The topological polar surface area (TPSA) is 101 Å². The van der Waals surface area contributed by atoms with Crippen LogP contribution in [0, 0.1) is 0 Å². The van der Waals surface area contributed by atoms with Gasteiger partial charge in [-0.3, -0.25) is 5.84 Å². The molecule has 0 bridgehead atoms. The van der Waals surface area contributed by atoms with Crippen LogP contribution in [0.5, 0.6) is 0 Å². The predicted octanol–water partition coefficient (Wildman–Crippen LogP) is 3.47. The zero-order valence-electron chi connectivity index (χ0n) is 13.1. The molecule has 0 unspecified atom stereocenters. The van der Waals surface area contributed by atoms with Gasteiger partial charge in [0.1, 0.15) is 0 Å². The van der Waals surface area contributed by atoms with Gasteiger partial charge >= 0.3 is 5.97 Å². The van der Waals surface area contributed by atoms with Gasteiger partial charge in [0.15, 0.2) is 5.70 Å². The smallest absolute Gasteiger partial charge is 0.355 e. The maximum atomic E-state index is 11.0. The van der Waals surface area contributed by atoms with Crippen molar-refractivity contribution in [3.63, 3.8) is 0 Å². The maximum Gasteiger partial charge on any atom is 0.355 e. The average molecular weight is 390 g/mol. The number of thioether (sulfide) groups is 1. The second kappa shape index (κ2) is 8.85. The van der Waals surface area contributed by atoms with E-state index >= 15 is 0 Å². The number of rotatable bonds is 6. The van der Waals surface area contributed by atoms with Gasteiger partial charge in [0.25, 0.3) is 0 Å². The highest BCUT2D eigenvalue weighted by Gasteiger charge is 2.23. The van der Waals surface area contributed by atoms with E-state index in [-0.39, 0.29) is 11.4 Å². The fourth-order valence-corrected chi connectivity index (χ4v) is 4.65. The molecule has 24 heavy (non-hydrogen) atoms. The van der Waals surface area contributed by atoms with Crippen molar-refractivity contribution in [2.24, 2.45) is 11.6 Å². The van der Waals surface area contributed by atoms with Gasteiger partial charge in [-0.2, -0.15) is 11.8 Å². The van der Waals surface area contributed by atoms with E-state index in [0.717, 1.165) is 25.7 Å². The number of nitrogens with one attached hydrogen (secondary N) is 1. The zero-order chi connectivity index (χ0) is 17.7. The minimum Gasteiger partial charge on any atom is -0.476 e. The summed E-state index contributed by atoms with van der Waals surface area (Å²) in [4.78, 5) is 11.0. The van der Waals surface area contributed by atoms with Crippen LogP contribution in [-0.2, 0) is 4.79 Å². The molecule has 6 N–H and O–H groups in total. The molecule has 0 heterocycles. The highest BCUT2D eigenvalue weighted by molar-refractivity contribution is 8.00. The van der Waals surface area contributed by atoms with E-state index in [4.69, 9.17) is 39.9 Å². The lowest BCUT2D eigenvalue weighted by atomic mass is 9.84. The first-order valence-corrected chi connectivity index (χ1v) is 9.47. The van der Waals surface area contributed by atoms with Gasteiger partial charge in [0, 0.05) is 21.0 Å². The van der Waals surface area contributed by atoms with Crippen LogP contribution in [0.15, 0.2) is 29.6 Å². The third-order valence-electron chi connectivity index (χ3n) is 4.18. The largest absolute Gasteiger partial charge is 0.476 e. The quantitative estimate of drug-likeness (QED) is 0.337. The molecule has 0 aliphatic heterocycles. The summed E-state index contributed by atoms with van der Waals surface area (Å²) in [7, 11) is 0. The van der Waals surface area contributed by atoms with Crippen LogP contribution in [-0.4, -0.2) is 22.1 Å². The van der Waals surface area contributed by atoms with Crippen LogP contribution in [0.2, 0.25) is 10.0 Å². The van der Waals surface area contributed by atoms with Crippen LogP contribution in [0.25, 0.3) is 0 Å². The van der Waals surface area contributed by atoms with E-state index in [0.29, 0.717) is 27.0 Å². The van der Waals surface area contributed by atoms with Crippen LogP contribution >= 0.6 is 35.0 Å². The van der Waals surface area contributed by atoms with E-state index in [1.54, 1.807) is 17.8 Å². The zero-order valence-corrected chi connectivity index (χ0v) is 15.4. The summed E-state index contributed by atoms with van der Waals surface area (Å²) in [6, 6.07) is 5.71. The molecule has 0 spiro atoms. The van der Waals surface area contributed by atoms with Gasteiger partial charge in [0.05, 0.1) is 5.70 Å². The molecule has 0 atom stereocenters. The highest BCUT2D eigenvalue weighted by atomic mass is 35.5. The number of halogens is 2. The summed E-state index contributed by atoms with van der Waals surface area (Å²) >= 11 is 13.8. The van der Waals surface area contributed by atoms with Crippen molar-refractivity contribution >= 4 is 40.9 Å². The monoisotopic (exact) mass is 389 g/mol. The molecule has 2 rings (SSSR count). The Bertz CT molecular complexity index is 611. The van der Waals surface area contributed by atoms with Crippen LogP contribution in [0.1, 0.15) is 37.2 Å². The standard InChI is InChI=1S/C16H21Cl2N3O2S/c17-11-5-10(6-12(18)7-11)9-1-3-13(4-2-9)24-8-14(19)15(21-20)16(22)23/h5-7,9,13,21H,1-4,8,19-20H2,(H,22,23)/b15-14-.